The van der Waals surface area contributed by atoms with Crippen LogP contribution in [0.2, 0.25) is 0 Å². The predicted octanol–water partition coefficient (Wildman–Crippen LogP) is 2.22. The molecule has 0 bridgehead atoms. The van der Waals surface area contributed by atoms with Crippen LogP contribution in [0.3, 0.4) is 0 Å². The van der Waals surface area contributed by atoms with Crippen molar-refractivity contribution in [3.63, 3.8) is 0 Å². The van der Waals surface area contributed by atoms with Crippen LogP contribution in [-0.2, 0) is 12.1 Å². The molecular formula is C12H21N3S. The Morgan fingerprint density at radius 3 is 2.81 bits per heavy atom. The van der Waals surface area contributed by atoms with E-state index in [9.17, 15) is 0 Å². The first-order chi connectivity index (χ1) is 7.57. The van der Waals surface area contributed by atoms with Crippen LogP contribution in [-0.4, -0.2) is 21.1 Å². The van der Waals surface area contributed by atoms with Gasteiger partial charge in [0.2, 0.25) is 0 Å². The molecule has 3 nitrogen and oxygen atoms in total. The summed E-state index contributed by atoms with van der Waals surface area (Å²) in [5.74, 6) is 3.41. The smallest absolute Gasteiger partial charge is 0.0948 e. The Morgan fingerprint density at radius 1 is 1.50 bits per heavy atom. The van der Waals surface area contributed by atoms with Gasteiger partial charge in [-0.1, -0.05) is 0 Å². The Labute approximate surface area is 102 Å². The number of nitrogens with zero attached hydrogens (tertiary/aromatic N) is 2. The van der Waals surface area contributed by atoms with E-state index in [0.717, 1.165) is 18.2 Å². The molecule has 0 unspecified atom stereocenters. The van der Waals surface area contributed by atoms with Gasteiger partial charge in [0.15, 0.2) is 0 Å². The maximum absolute atomic E-state index is 6.14. The Balaban J connectivity index is 2.06. The number of hydrogen-bond donors (Lipinski definition) is 1. The van der Waals surface area contributed by atoms with Crippen molar-refractivity contribution in [2.75, 3.05) is 11.5 Å². The average Bonchev–Trinajstić information content (AvgIpc) is 2.67. The Kier molecular flexibility index (Phi) is 3.60. The van der Waals surface area contributed by atoms with Crippen LogP contribution in [0.15, 0.2) is 12.5 Å². The lowest BCUT2D eigenvalue weighted by molar-refractivity contribution is 0.389. The van der Waals surface area contributed by atoms with Gasteiger partial charge in [0.05, 0.1) is 17.6 Å². The van der Waals surface area contributed by atoms with Crippen molar-refractivity contribution in [2.45, 2.75) is 38.8 Å². The fourth-order valence-corrected chi connectivity index (χ4v) is 3.41. The molecule has 0 amide bonds. The van der Waals surface area contributed by atoms with E-state index in [-0.39, 0.29) is 5.54 Å². The second-order valence-corrected chi connectivity index (χ2v) is 6.43. The molecule has 2 N–H and O–H groups in total. The largest absolute Gasteiger partial charge is 0.333 e. The zero-order chi connectivity index (χ0) is 11.6. The van der Waals surface area contributed by atoms with Crippen LogP contribution in [0.5, 0.6) is 0 Å². The molecule has 1 aromatic rings. The summed E-state index contributed by atoms with van der Waals surface area (Å²) in [5.41, 5.74) is 6.99. The third-order valence-corrected chi connectivity index (χ3v) is 4.22. The summed E-state index contributed by atoms with van der Waals surface area (Å²) in [6.45, 7) is 5.16. The van der Waals surface area contributed by atoms with Crippen molar-refractivity contribution in [2.24, 2.45) is 11.7 Å². The van der Waals surface area contributed by atoms with Gasteiger partial charge in [-0.2, -0.15) is 11.8 Å². The molecule has 90 valence electrons. The summed E-state index contributed by atoms with van der Waals surface area (Å²) in [6.07, 6.45) is 6.48. The molecule has 0 aliphatic carbocycles. The SMILES string of the molecule is CC(C)(N)c1cncn1CC1CCSCC1. The molecule has 1 aromatic heterocycles. The topological polar surface area (TPSA) is 43.8 Å². The summed E-state index contributed by atoms with van der Waals surface area (Å²) in [7, 11) is 0. The van der Waals surface area contributed by atoms with Crippen LogP contribution < -0.4 is 5.73 Å². The highest BCUT2D eigenvalue weighted by molar-refractivity contribution is 7.99. The lowest BCUT2D eigenvalue weighted by Gasteiger charge is -2.26. The quantitative estimate of drug-likeness (QED) is 0.879. The van der Waals surface area contributed by atoms with Crippen molar-refractivity contribution in [3.8, 4) is 0 Å². The van der Waals surface area contributed by atoms with Crippen LogP contribution in [0.1, 0.15) is 32.4 Å². The van der Waals surface area contributed by atoms with Gasteiger partial charge in [-0.05, 0) is 44.1 Å². The molecule has 0 atom stereocenters. The van der Waals surface area contributed by atoms with Crippen LogP contribution in [0, 0.1) is 5.92 Å². The van der Waals surface area contributed by atoms with Gasteiger partial charge in [-0.25, -0.2) is 4.98 Å². The zero-order valence-corrected chi connectivity index (χ0v) is 11.0. The fraction of sp³-hybridized carbons (Fsp3) is 0.750. The summed E-state index contributed by atoms with van der Waals surface area (Å²) < 4.78 is 2.24. The van der Waals surface area contributed by atoms with E-state index in [2.05, 4.69) is 21.3 Å². The van der Waals surface area contributed by atoms with E-state index in [4.69, 9.17) is 5.73 Å². The molecule has 0 aromatic carbocycles. The minimum absolute atomic E-state index is 0.292. The molecule has 1 aliphatic heterocycles. The van der Waals surface area contributed by atoms with Crippen molar-refractivity contribution in [1.29, 1.82) is 0 Å². The van der Waals surface area contributed by atoms with Gasteiger partial charge in [-0.15, -0.1) is 0 Å². The first kappa shape index (κ1) is 12.0. The van der Waals surface area contributed by atoms with Crippen LogP contribution >= 0.6 is 11.8 Å². The standard InChI is InChI=1S/C12H21N3S/c1-12(2,13)11-7-14-9-15(11)8-10-3-5-16-6-4-10/h7,9-10H,3-6,8,13H2,1-2H3. The molecule has 0 spiro atoms. The lowest BCUT2D eigenvalue weighted by Crippen LogP contribution is -2.32. The molecule has 16 heavy (non-hydrogen) atoms. The summed E-state index contributed by atoms with van der Waals surface area (Å²) in [6, 6.07) is 0. The van der Waals surface area contributed by atoms with E-state index >= 15 is 0 Å². The second-order valence-electron chi connectivity index (χ2n) is 5.21. The number of thioether (sulfide) groups is 1. The predicted molar refractivity (Wildman–Crippen MR) is 69.5 cm³/mol. The van der Waals surface area contributed by atoms with Crippen LogP contribution in [0.4, 0.5) is 0 Å². The molecule has 0 radical (unpaired) electrons. The number of hydrogen-bond acceptors (Lipinski definition) is 3. The number of imidazole rings is 1. The normalized spacial score (nSPS) is 18.9. The highest BCUT2D eigenvalue weighted by Gasteiger charge is 2.21. The monoisotopic (exact) mass is 239 g/mol. The maximum atomic E-state index is 6.14. The summed E-state index contributed by atoms with van der Waals surface area (Å²) in [5, 5.41) is 0. The zero-order valence-electron chi connectivity index (χ0n) is 10.1. The van der Waals surface area contributed by atoms with E-state index in [1.54, 1.807) is 0 Å². The van der Waals surface area contributed by atoms with E-state index < -0.39 is 0 Å². The van der Waals surface area contributed by atoms with Gasteiger partial charge in [-0.3, -0.25) is 0 Å². The van der Waals surface area contributed by atoms with Gasteiger partial charge >= 0.3 is 0 Å². The molecule has 1 fully saturated rings. The van der Waals surface area contributed by atoms with Gasteiger partial charge in [0.25, 0.3) is 0 Å². The highest BCUT2D eigenvalue weighted by Crippen LogP contribution is 2.25. The van der Waals surface area contributed by atoms with Gasteiger partial charge in [0.1, 0.15) is 0 Å². The minimum Gasteiger partial charge on any atom is -0.333 e. The number of aromatic nitrogens is 2. The average molecular weight is 239 g/mol. The Bertz CT molecular complexity index is 334. The fourth-order valence-electron chi connectivity index (χ4n) is 2.21. The third kappa shape index (κ3) is 2.80. The van der Waals surface area contributed by atoms with E-state index in [1.165, 1.54) is 24.3 Å². The van der Waals surface area contributed by atoms with Gasteiger partial charge < -0.3 is 10.3 Å². The lowest BCUT2D eigenvalue weighted by atomic mass is 10.00. The molecule has 2 rings (SSSR count). The second kappa shape index (κ2) is 4.80. The highest BCUT2D eigenvalue weighted by atomic mass is 32.2. The minimum atomic E-state index is -0.292. The Hall–Kier alpha value is -0.480. The Morgan fingerprint density at radius 2 is 2.19 bits per heavy atom. The summed E-state index contributed by atoms with van der Waals surface area (Å²) >= 11 is 2.07. The van der Waals surface area contributed by atoms with E-state index in [0.29, 0.717) is 0 Å². The molecule has 1 saturated heterocycles. The summed E-state index contributed by atoms with van der Waals surface area (Å²) in [4.78, 5) is 4.23. The van der Waals surface area contributed by atoms with Crippen LogP contribution in [0.25, 0.3) is 0 Å². The first-order valence-corrected chi connectivity index (χ1v) is 7.10. The molecule has 1 aliphatic rings. The van der Waals surface area contributed by atoms with Crippen molar-refractivity contribution in [3.05, 3.63) is 18.2 Å². The number of nitrogens with two attached hydrogens (primary N) is 1. The van der Waals surface area contributed by atoms with Crippen molar-refractivity contribution >= 4 is 11.8 Å². The molecule has 0 saturated carbocycles. The maximum Gasteiger partial charge on any atom is 0.0948 e. The first-order valence-electron chi connectivity index (χ1n) is 5.94. The van der Waals surface area contributed by atoms with Gasteiger partial charge in [0, 0.05) is 12.7 Å². The molecular weight excluding hydrogens is 218 g/mol. The van der Waals surface area contributed by atoms with E-state index in [1.807, 2.05) is 26.4 Å². The molecule has 4 heteroatoms. The molecule has 2 heterocycles. The number of rotatable bonds is 3. The van der Waals surface area contributed by atoms with Crippen molar-refractivity contribution < 1.29 is 0 Å². The third-order valence-electron chi connectivity index (χ3n) is 3.17. The van der Waals surface area contributed by atoms with Crippen molar-refractivity contribution in [1.82, 2.24) is 9.55 Å².